The Morgan fingerprint density at radius 1 is 0.818 bits per heavy atom. The highest BCUT2D eigenvalue weighted by Gasteiger charge is 2.10. The summed E-state index contributed by atoms with van der Waals surface area (Å²) in [4.78, 5) is 4.41. The number of rotatable bonds is 2. The molecule has 0 spiro atoms. The average molecular weight is 284 g/mol. The van der Waals surface area contributed by atoms with Crippen LogP contribution in [0.4, 0.5) is 11.5 Å². The van der Waals surface area contributed by atoms with E-state index in [0.717, 1.165) is 11.5 Å². The lowest BCUT2D eigenvalue weighted by atomic mass is 9.97. The molecule has 1 N–H and O–H groups in total. The zero-order chi connectivity index (χ0) is 14.9. The smallest absolute Gasteiger partial charge is 0.130 e. The van der Waals surface area contributed by atoms with Gasteiger partial charge >= 0.3 is 0 Å². The predicted molar refractivity (Wildman–Crippen MR) is 93.7 cm³/mol. The molecule has 2 nitrogen and oxygen atoms in total. The molecule has 0 unspecified atom stereocenters. The van der Waals surface area contributed by atoms with Gasteiger partial charge in [-0.1, -0.05) is 48.5 Å². The Hall–Kier alpha value is -2.87. The zero-order valence-electron chi connectivity index (χ0n) is 12.4. The molecule has 22 heavy (non-hydrogen) atoms. The molecule has 0 bridgehead atoms. The molecule has 4 rings (SSSR count). The van der Waals surface area contributed by atoms with E-state index >= 15 is 0 Å². The van der Waals surface area contributed by atoms with Gasteiger partial charge in [0.05, 0.1) is 5.69 Å². The second-order valence-electron chi connectivity index (χ2n) is 5.49. The van der Waals surface area contributed by atoms with Crippen LogP contribution in [0.25, 0.3) is 21.5 Å². The number of aromatic nitrogens is 1. The summed E-state index contributed by atoms with van der Waals surface area (Å²) in [6.45, 7) is 2.15. The van der Waals surface area contributed by atoms with Crippen LogP contribution < -0.4 is 5.32 Å². The fourth-order valence-corrected chi connectivity index (χ4v) is 3.00. The van der Waals surface area contributed by atoms with Crippen LogP contribution in [0, 0.1) is 6.92 Å². The maximum Gasteiger partial charge on any atom is 0.130 e. The van der Waals surface area contributed by atoms with Gasteiger partial charge in [0, 0.05) is 17.0 Å². The van der Waals surface area contributed by atoms with Crippen molar-refractivity contribution in [3.05, 3.63) is 78.5 Å². The van der Waals surface area contributed by atoms with Crippen molar-refractivity contribution in [2.75, 3.05) is 5.32 Å². The van der Waals surface area contributed by atoms with E-state index in [4.69, 9.17) is 0 Å². The molecule has 2 heteroatoms. The van der Waals surface area contributed by atoms with Gasteiger partial charge in [-0.3, -0.25) is 0 Å². The van der Waals surface area contributed by atoms with E-state index in [2.05, 4.69) is 65.8 Å². The third-order valence-corrected chi connectivity index (χ3v) is 4.01. The first-order chi connectivity index (χ1) is 10.8. The van der Waals surface area contributed by atoms with Crippen LogP contribution >= 0.6 is 0 Å². The van der Waals surface area contributed by atoms with Gasteiger partial charge < -0.3 is 5.32 Å². The third kappa shape index (κ3) is 2.09. The summed E-state index contributed by atoms with van der Waals surface area (Å²) in [6, 6.07) is 23.1. The van der Waals surface area contributed by atoms with Crippen LogP contribution in [-0.4, -0.2) is 4.98 Å². The molecule has 4 aromatic rings. The topological polar surface area (TPSA) is 24.9 Å². The summed E-state index contributed by atoms with van der Waals surface area (Å²) in [7, 11) is 0. The van der Waals surface area contributed by atoms with Crippen molar-refractivity contribution in [3.63, 3.8) is 0 Å². The summed E-state index contributed by atoms with van der Waals surface area (Å²) >= 11 is 0. The Balaban J connectivity index is 2.07. The molecule has 1 aromatic heterocycles. The summed E-state index contributed by atoms with van der Waals surface area (Å²) in [5, 5.41) is 8.48. The van der Waals surface area contributed by atoms with Crippen molar-refractivity contribution >= 4 is 33.1 Å². The zero-order valence-corrected chi connectivity index (χ0v) is 12.4. The molecule has 0 amide bonds. The predicted octanol–water partition coefficient (Wildman–Crippen LogP) is 5.44. The van der Waals surface area contributed by atoms with E-state index < -0.39 is 0 Å². The summed E-state index contributed by atoms with van der Waals surface area (Å²) in [6.07, 6.45) is 1.81. The average Bonchev–Trinajstić information content (AvgIpc) is 2.56. The minimum Gasteiger partial charge on any atom is -0.339 e. The van der Waals surface area contributed by atoms with Crippen molar-refractivity contribution in [3.8, 4) is 0 Å². The quantitative estimate of drug-likeness (QED) is 0.496. The third-order valence-electron chi connectivity index (χ3n) is 4.01. The molecule has 106 valence electrons. The van der Waals surface area contributed by atoms with Crippen LogP contribution in [0.1, 0.15) is 5.56 Å². The van der Waals surface area contributed by atoms with E-state index in [-0.39, 0.29) is 0 Å². The van der Waals surface area contributed by atoms with Crippen LogP contribution in [0.3, 0.4) is 0 Å². The molecule has 1 heterocycles. The second-order valence-corrected chi connectivity index (χ2v) is 5.49. The number of hydrogen-bond donors (Lipinski definition) is 1. The largest absolute Gasteiger partial charge is 0.339 e. The number of anilines is 2. The molecule has 0 aliphatic rings. The molecule has 0 aliphatic heterocycles. The highest BCUT2D eigenvalue weighted by atomic mass is 15.0. The lowest BCUT2D eigenvalue weighted by Crippen LogP contribution is -1.96. The van der Waals surface area contributed by atoms with Gasteiger partial charge in [0.25, 0.3) is 0 Å². The minimum atomic E-state index is 0.864. The van der Waals surface area contributed by atoms with E-state index in [0.29, 0.717) is 0 Å². The molecule has 0 radical (unpaired) electrons. The molecular formula is C20H16N2. The number of nitrogens with zero attached hydrogens (tertiary/aromatic N) is 1. The Morgan fingerprint density at radius 2 is 1.64 bits per heavy atom. The first-order valence-corrected chi connectivity index (χ1v) is 7.42. The van der Waals surface area contributed by atoms with Gasteiger partial charge in [-0.25, -0.2) is 4.98 Å². The van der Waals surface area contributed by atoms with Crippen molar-refractivity contribution in [2.24, 2.45) is 0 Å². The lowest BCUT2D eigenvalue weighted by molar-refractivity contribution is 1.31. The van der Waals surface area contributed by atoms with Gasteiger partial charge in [-0.05, 0) is 41.5 Å². The maximum atomic E-state index is 4.41. The first kappa shape index (κ1) is 12.8. The standard InChI is InChI=1S/C20H16N2/c1-14-7-6-9-16-13-15-8-2-3-10-17(15)20(19(14)16)22-18-11-4-5-12-21-18/h2-13H,1H3,(H,21,22). The molecular weight excluding hydrogens is 268 g/mol. The number of benzene rings is 3. The molecule has 0 saturated carbocycles. The number of aryl methyl sites for hydroxylation is 1. The summed E-state index contributed by atoms with van der Waals surface area (Å²) in [5.41, 5.74) is 2.39. The van der Waals surface area contributed by atoms with Crippen molar-refractivity contribution in [1.82, 2.24) is 4.98 Å². The highest BCUT2D eigenvalue weighted by Crippen LogP contribution is 2.36. The van der Waals surface area contributed by atoms with Gasteiger partial charge in [0.15, 0.2) is 0 Å². The van der Waals surface area contributed by atoms with Crippen molar-refractivity contribution in [2.45, 2.75) is 6.92 Å². The summed E-state index contributed by atoms with van der Waals surface area (Å²) < 4.78 is 0. The fourth-order valence-electron chi connectivity index (χ4n) is 3.00. The van der Waals surface area contributed by atoms with Gasteiger partial charge in [0.2, 0.25) is 0 Å². The minimum absolute atomic E-state index is 0.864. The molecule has 0 aliphatic carbocycles. The fraction of sp³-hybridized carbons (Fsp3) is 0.0500. The monoisotopic (exact) mass is 284 g/mol. The number of hydrogen-bond acceptors (Lipinski definition) is 2. The molecule has 0 fully saturated rings. The molecule has 3 aromatic carbocycles. The van der Waals surface area contributed by atoms with Gasteiger partial charge in [-0.2, -0.15) is 0 Å². The van der Waals surface area contributed by atoms with Crippen LogP contribution in [-0.2, 0) is 0 Å². The molecule has 0 atom stereocenters. The molecule has 0 saturated heterocycles. The second kappa shape index (κ2) is 5.15. The normalized spacial score (nSPS) is 11.0. The maximum absolute atomic E-state index is 4.41. The number of pyridine rings is 1. The lowest BCUT2D eigenvalue weighted by Gasteiger charge is -2.15. The Kier molecular flexibility index (Phi) is 3.01. The highest BCUT2D eigenvalue weighted by molar-refractivity contribution is 6.13. The van der Waals surface area contributed by atoms with E-state index in [1.54, 1.807) is 0 Å². The summed E-state index contributed by atoms with van der Waals surface area (Å²) in [5.74, 6) is 0.864. The van der Waals surface area contributed by atoms with Gasteiger partial charge in [0.1, 0.15) is 5.82 Å². The number of nitrogens with one attached hydrogen (secondary N) is 1. The Labute approximate surface area is 129 Å². The van der Waals surface area contributed by atoms with Gasteiger partial charge in [-0.15, -0.1) is 0 Å². The van der Waals surface area contributed by atoms with E-state index in [1.165, 1.54) is 27.1 Å². The SMILES string of the molecule is Cc1cccc2cc3ccccc3c(Nc3ccccn3)c12. The van der Waals surface area contributed by atoms with Crippen LogP contribution in [0.5, 0.6) is 0 Å². The van der Waals surface area contributed by atoms with E-state index in [1.807, 2.05) is 24.4 Å². The first-order valence-electron chi connectivity index (χ1n) is 7.42. The Bertz CT molecular complexity index is 959. The van der Waals surface area contributed by atoms with Crippen LogP contribution in [0.2, 0.25) is 0 Å². The van der Waals surface area contributed by atoms with Crippen molar-refractivity contribution in [1.29, 1.82) is 0 Å². The number of fused-ring (bicyclic) bond motifs is 2. The van der Waals surface area contributed by atoms with E-state index in [9.17, 15) is 0 Å². The Morgan fingerprint density at radius 3 is 2.50 bits per heavy atom. The van der Waals surface area contributed by atoms with Crippen LogP contribution in [0.15, 0.2) is 72.9 Å². The van der Waals surface area contributed by atoms with Crippen molar-refractivity contribution < 1.29 is 0 Å².